The third-order valence-electron chi connectivity index (χ3n) is 2.44. The molecule has 0 aliphatic carbocycles. The molecular formula is C16H25NO4Si. The van der Waals surface area contributed by atoms with Gasteiger partial charge in [-0.05, 0) is 46.0 Å². The summed E-state index contributed by atoms with van der Waals surface area (Å²) in [6, 6.07) is 8.13. The highest BCUT2D eigenvalue weighted by Gasteiger charge is 2.30. The van der Waals surface area contributed by atoms with Gasteiger partial charge in [0.15, 0.2) is 6.04 Å². The Hall–Kier alpha value is -1.82. The van der Waals surface area contributed by atoms with E-state index in [1.807, 2.05) is 25.7 Å². The highest BCUT2D eigenvalue weighted by atomic mass is 28.4. The van der Waals surface area contributed by atoms with Gasteiger partial charge >= 0.3 is 12.1 Å². The van der Waals surface area contributed by atoms with E-state index in [1.54, 1.807) is 45.0 Å². The van der Waals surface area contributed by atoms with E-state index in [0.29, 0.717) is 5.56 Å². The Kier molecular flexibility index (Phi) is 5.76. The number of benzene rings is 1. The maximum Gasteiger partial charge on any atom is 0.408 e. The van der Waals surface area contributed by atoms with E-state index in [0.717, 1.165) is 0 Å². The Morgan fingerprint density at radius 1 is 1.09 bits per heavy atom. The summed E-state index contributed by atoms with van der Waals surface area (Å²) in [7, 11) is -2.06. The van der Waals surface area contributed by atoms with E-state index in [9.17, 15) is 9.59 Å². The first-order chi connectivity index (χ1) is 9.98. The van der Waals surface area contributed by atoms with Gasteiger partial charge in [0, 0.05) is 0 Å². The van der Waals surface area contributed by atoms with E-state index in [4.69, 9.17) is 9.16 Å². The Labute approximate surface area is 133 Å². The standard InChI is InChI=1S/C16H25NO4Si/c1-16(2,3)20-15(19)17-13(12-10-8-7-9-11-12)14(18)21-22(4,5)6/h7-11,13H,1-6H3,(H,17,19)/t13-/m0/s1. The fraction of sp³-hybridized carbons (Fsp3) is 0.500. The molecule has 122 valence electrons. The van der Waals surface area contributed by atoms with Crippen molar-refractivity contribution in [1.29, 1.82) is 0 Å². The summed E-state index contributed by atoms with van der Waals surface area (Å²) in [5.74, 6) is -0.462. The van der Waals surface area contributed by atoms with Crippen LogP contribution in [0.2, 0.25) is 19.6 Å². The second kappa shape index (κ2) is 6.96. The molecule has 0 saturated carbocycles. The summed E-state index contributed by atoms with van der Waals surface area (Å²) in [4.78, 5) is 24.4. The molecular weight excluding hydrogens is 298 g/mol. The van der Waals surface area contributed by atoms with E-state index >= 15 is 0 Å². The largest absolute Gasteiger partial charge is 0.518 e. The summed E-state index contributed by atoms with van der Waals surface area (Å²) >= 11 is 0. The molecule has 0 unspecified atom stereocenters. The smallest absolute Gasteiger partial charge is 0.408 e. The van der Waals surface area contributed by atoms with Crippen molar-refractivity contribution in [2.45, 2.75) is 52.1 Å². The third-order valence-corrected chi connectivity index (χ3v) is 3.25. The topological polar surface area (TPSA) is 64.6 Å². The van der Waals surface area contributed by atoms with Crippen LogP contribution in [0.5, 0.6) is 0 Å². The van der Waals surface area contributed by atoms with Gasteiger partial charge in [0.05, 0.1) is 0 Å². The Morgan fingerprint density at radius 3 is 2.09 bits per heavy atom. The second-order valence-electron chi connectivity index (χ2n) is 7.02. The molecule has 1 atom stereocenters. The molecule has 1 amide bonds. The number of rotatable bonds is 4. The summed E-state index contributed by atoms with van der Waals surface area (Å²) < 4.78 is 10.7. The molecule has 6 heteroatoms. The van der Waals surface area contributed by atoms with Crippen LogP contribution < -0.4 is 5.32 Å². The molecule has 1 rings (SSSR count). The minimum atomic E-state index is -2.06. The zero-order valence-corrected chi connectivity index (χ0v) is 15.1. The van der Waals surface area contributed by atoms with Crippen molar-refractivity contribution >= 4 is 20.4 Å². The summed E-state index contributed by atoms with van der Waals surface area (Å²) in [5.41, 5.74) is 0.0326. The lowest BCUT2D eigenvalue weighted by Crippen LogP contribution is -2.41. The average Bonchev–Trinajstić information content (AvgIpc) is 2.32. The van der Waals surface area contributed by atoms with Crippen molar-refractivity contribution in [3.8, 4) is 0 Å². The lowest BCUT2D eigenvalue weighted by molar-refractivity contribution is -0.137. The van der Waals surface area contributed by atoms with Crippen molar-refractivity contribution in [1.82, 2.24) is 5.32 Å². The number of amides is 1. The normalized spacial score (nSPS) is 13.2. The molecule has 1 N–H and O–H groups in total. The number of hydrogen-bond acceptors (Lipinski definition) is 4. The van der Waals surface area contributed by atoms with E-state index in [-0.39, 0.29) is 0 Å². The second-order valence-corrected chi connectivity index (χ2v) is 11.5. The number of ether oxygens (including phenoxy) is 1. The first kappa shape index (κ1) is 18.2. The molecule has 0 aliphatic heterocycles. The first-order valence-electron chi connectivity index (χ1n) is 7.25. The fourth-order valence-electron chi connectivity index (χ4n) is 1.71. The Bertz CT molecular complexity index is 517. The van der Waals surface area contributed by atoms with Crippen molar-refractivity contribution in [2.75, 3.05) is 0 Å². The van der Waals surface area contributed by atoms with Crippen molar-refractivity contribution in [3.63, 3.8) is 0 Å². The molecule has 22 heavy (non-hydrogen) atoms. The number of carbonyl (C=O) groups excluding carboxylic acids is 2. The Balaban J connectivity index is 2.93. The van der Waals surface area contributed by atoms with E-state index in [1.165, 1.54) is 0 Å². The Morgan fingerprint density at radius 2 is 1.64 bits per heavy atom. The van der Waals surface area contributed by atoms with Gasteiger partial charge in [-0.25, -0.2) is 4.79 Å². The predicted octanol–water partition coefficient (Wildman–Crippen LogP) is 3.63. The first-order valence-corrected chi connectivity index (χ1v) is 10.7. The monoisotopic (exact) mass is 323 g/mol. The molecule has 5 nitrogen and oxygen atoms in total. The molecule has 0 aromatic heterocycles. The van der Waals surface area contributed by atoms with E-state index < -0.39 is 32.0 Å². The van der Waals surface area contributed by atoms with Gasteiger partial charge in [0.25, 0.3) is 0 Å². The minimum Gasteiger partial charge on any atom is -0.518 e. The third kappa shape index (κ3) is 6.75. The molecule has 0 radical (unpaired) electrons. The quantitative estimate of drug-likeness (QED) is 0.859. The van der Waals surface area contributed by atoms with Gasteiger partial charge < -0.3 is 14.5 Å². The van der Waals surface area contributed by atoms with Gasteiger partial charge in [-0.1, -0.05) is 30.3 Å². The number of hydrogen-bond donors (Lipinski definition) is 1. The lowest BCUT2D eigenvalue weighted by atomic mass is 10.1. The van der Waals surface area contributed by atoms with Gasteiger partial charge in [-0.2, -0.15) is 0 Å². The molecule has 0 aliphatic rings. The molecule has 1 aromatic rings. The van der Waals surface area contributed by atoms with Crippen molar-refractivity contribution in [2.24, 2.45) is 0 Å². The van der Waals surface area contributed by atoms with Crippen LogP contribution in [0.15, 0.2) is 30.3 Å². The molecule has 0 bridgehead atoms. The maximum atomic E-state index is 12.4. The summed E-state index contributed by atoms with van der Waals surface area (Å²) in [6.07, 6.45) is -0.645. The number of nitrogens with one attached hydrogen (secondary N) is 1. The van der Waals surface area contributed by atoms with Crippen molar-refractivity contribution < 1.29 is 18.8 Å². The van der Waals surface area contributed by atoms with Crippen molar-refractivity contribution in [3.05, 3.63) is 35.9 Å². The maximum absolute atomic E-state index is 12.4. The molecule has 0 fully saturated rings. The fourth-order valence-corrected chi connectivity index (χ4v) is 2.43. The SMILES string of the molecule is CC(C)(C)OC(=O)N[C@H](C(=O)O[Si](C)(C)C)c1ccccc1. The summed E-state index contributed by atoms with van der Waals surface area (Å²) in [5, 5.41) is 2.60. The molecule has 0 heterocycles. The van der Waals surface area contributed by atoms with E-state index in [2.05, 4.69) is 5.32 Å². The van der Waals surface area contributed by atoms with Gasteiger partial charge in [-0.15, -0.1) is 0 Å². The van der Waals surface area contributed by atoms with Crippen LogP contribution in [-0.4, -0.2) is 26.0 Å². The average molecular weight is 323 g/mol. The van der Waals surface area contributed by atoms with Gasteiger partial charge in [-0.3, -0.25) is 4.79 Å². The molecule has 0 spiro atoms. The molecule has 0 saturated heterocycles. The predicted molar refractivity (Wildman–Crippen MR) is 88.0 cm³/mol. The van der Waals surface area contributed by atoms with Gasteiger partial charge in [0.2, 0.25) is 8.32 Å². The van der Waals surface area contributed by atoms with Crippen LogP contribution >= 0.6 is 0 Å². The zero-order chi connectivity index (χ0) is 17.0. The van der Waals surface area contributed by atoms with Crippen LogP contribution in [0, 0.1) is 0 Å². The minimum absolute atomic E-state index is 0.462. The van der Waals surface area contributed by atoms with Crippen LogP contribution in [-0.2, 0) is 14.0 Å². The highest BCUT2D eigenvalue weighted by Crippen LogP contribution is 2.18. The molecule has 1 aromatic carbocycles. The lowest BCUT2D eigenvalue weighted by Gasteiger charge is -2.25. The zero-order valence-electron chi connectivity index (χ0n) is 14.1. The number of alkyl carbamates (subject to hydrolysis) is 1. The summed E-state index contributed by atoms with van der Waals surface area (Å²) in [6.45, 7) is 11.1. The van der Waals surface area contributed by atoms with Crippen LogP contribution in [0.3, 0.4) is 0 Å². The van der Waals surface area contributed by atoms with Gasteiger partial charge in [0.1, 0.15) is 5.60 Å². The van der Waals surface area contributed by atoms with Crippen LogP contribution in [0.25, 0.3) is 0 Å². The number of carbonyl (C=O) groups is 2. The van der Waals surface area contributed by atoms with Crippen LogP contribution in [0.1, 0.15) is 32.4 Å². The van der Waals surface area contributed by atoms with Crippen LogP contribution in [0.4, 0.5) is 4.79 Å². The highest BCUT2D eigenvalue weighted by molar-refractivity contribution is 6.71.